The van der Waals surface area contributed by atoms with E-state index in [4.69, 9.17) is 0 Å². The lowest BCUT2D eigenvalue weighted by Gasteiger charge is -2.07. The topological polar surface area (TPSA) is 93.4 Å². The molecule has 7 nitrogen and oxygen atoms in total. The fraction of sp³-hybridized carbons (Fsp3) is 0.267. The third-order valence-corrected chi connectivity index (χ3v) is 5.54. The molecule has 0 unspecified atom stereocenters. The molecule has 0 aliphatic carbocycles. The number of nitrogens with zero attached hydrogens (tertiary/aromatic N) is 3. The summed E-state index contributed by atoms with van der Waals surface area (Å²) < 4.78 is 24.5. The van der Waals surface area contributed by atoms with E-state index in [0.29, 0.717) is 22.9 Å². The smallest absolute Gasteiger partial charge is 0.275 e. The normalized spacial score (nSPS) is 11.8. The molecule has 0 atom stereocenters. The summed E-state index contributed by atoms with van der Waals surface area (Å²) in [5, 5.41) is 8.15. The maximum absolute atomic E-state index is 12.1. The maximum atomic E-state index is 12.1. The molecular formula is C15H16N4O3S2. The lowest BCUT2D eigenvalue weighted by atomic mass is 10.3. The van der Waals surface area contributed by atoms with Crippen molar-refractivity contribution in [3.63, 3.8) is 0 Å². The van der Waals surface area contributed by atoms with Gasteiger partial charge in [-0.25, -0.2) is 13.4 Å². The number of sulfone groups is 1. The summed E-state index contributed by atoms with van der Waals surface area (Å²) in [4.78, 5) is 17.3. The Morgan fingerprint density at radius 3 is 2.79 bits per heavy atom. The van der Waals surface area contributed by atoms with Crippen LogP contribution >= 0.6 is 11.3 Å². The monoisotopic (exact) mass is 364 g/mol. The number of hydrogen-bond donors (Lipinski definition) is 1. The van der Waals surface area contributed by atoms with Crippen molar-refractivity contribution >= 4 is 31.8 Å². The van der Waals surface area contributed by atoms with E-state index in [1.165, 1.54) is 21.9 Å². The van der Waals surface area contributed by atoms with E-state index in [0.717, 1.165) is 17.7 Å². The largest absolute Gasteiger partial charge is 0.379 e. The molecule has 3 aromatic rings. The molecule has 0 aliphatic heterocycles. The number of nitrogens with one attached hydrogen (secondary N) is 1. The molecule has 0 aliphatic rings. The van der Waals surface area contributed by atoms with Crippen LogP contribution < -0.4 is 10.9 Å². The second-order valence-corrected chi connectivity index (χ2v) is 8.34. The summed E-state index contributed by atoms with van der Waals surface area (Å²) in [6, 6.07) is 7.96. The molecule has 9 heteroatoms. The molecule has 24 heavy (non-hydrogen) atoms. The zero-order chi connectivity index (χ0) is 17.3. The highest BCUT2D eigenvalue weighted by Crippen LogP contribution is 2.16. The van der Waals surface area contributed by atoms with E-state index >= 15 is 0 Å². The highest BCUT2D eigenvalue weighted by atomic mass is 32.2. The van der Waals surface area contributed by atoms with Crippen molar-refractivity contribution in [3.05, 3.63) is 51.4 Å². The third-order valence-electron chi connectivity index (χ3n) is 3.38. The Kier molecular flexibility index (Phi) is 4.37. The van der Waals surface area contributed by atoms with Gasteiger partial charge in [-0.05, 0) is 24.6 Å². The molecular weight excluding hydrogens is 348 g/mol. The van der Waals surface area contributed by atoms with Crippen LogP contribution in [0, 0.1) is 0 Å². The minimum atomic E-state index is -3.26. The van der Waals surface area contributed by atoms with Gasteiger partial charge in [-0.3, -0.25) is 4.79 Å². The van der Waals surface area contributed by atoms with Crippen LogP contribution in [-0.4, -0.2) is 29.3 Å². The number of aryl methyl sites for hydroxylation is 1. The Morgan fingerprint density at radius 1 is 1.29 bits per heavy atom. The standard InChI is InChI=1S/C15H16N4O3S2/c1-3-13-18-19-14(20)8-11(17-15(19)23-13)9-16-10-5-4-6-12(7-10)24(2,21)22/h4-8,16H,3,9H2,1-2H3. The van der Waals surface area contributed by atoms with E-state index in [1.807, 2.05) is 6.92 Å². The number of benzene rings is 1. The first-order chi connectivity index (χ1) is 11.4. The molecule has 0 radical (unpaired) electrons. The van der Waals surface area contributed by atoms with Gasteiger partial charge >= 0.3 is 0 Å². The van der Waals surface area contributed by atoms with Gasteiger partial charge in [0.1, 0.15) is 5.01 Å². The van der Waals surface area contributed by atoms with Crippen LogP contribution in [-0.2, 0) is 22.8 Å². The van der Waals surface area contributed by atoms with Gasteiger partial charge < -0.3 is 5.32 Å². The molecule has 0 fully saturated rings. The van der Waals surface area contributed by atoms with E-state index in [2.05, 4.69) is 15.4 Å². The van der Waals surface area contributed by atoms with Crippen molar-refractivity contribution in [2.24, 2.45) is 0 Å². The minimum Gasteiger partial charge on any atom is -0.379 e. The van der Waals surface area contributed by atoms with E-state index in [1.54, 1.807) is 24.3 Å². The van der Waals surface area contributed by atoms with Gasteiger partial charge in [0.25, 0.3) is 5.56 Å². The molecule has 126 valence electrons. The van der Waals surface area contributed by atoms with Gasteiger partial charge in [0.2, 0.25) is 4.96 Å². The van der Waals surface area contributed by atoms with Crippen LogP contribution in [0.1, 0.15) is 17.6 Å². The lowest BCUT2D eigenvalue weighted by molar-refractivity contribution is 0.602. The molecule has 2 heterocycles. The molecule has 2 aromatic heterocycles. The van der Waals surface area contributed by atoms with Crippen LogP contribution in [0.4, 0.5) is 5.69 Å². The van der Waals surface area contributed by atoms with E-state index < -0.39 is 9.84 Å². The zero-order valence-electron chi connectivity index (χ0n) is 13.2. The summed E-state index contributed by atoms with van der Waals surface area (Å²) in [5.41, 5.74) is 1.01. The van der Waals surface area contributed by atoms with Crippen molar-refractivity contribution in [1.29, 1.82) is 0 Å². The molecule has 1 N–H and O–H groups in total. The molecule has 1 aromatic carbocycles. The Morgan fingerprint density at radius 2 is 2.08 bits per heavy atom. The molecule has 0 bridgehead atoms. The maximum Gasteiger partial charge on any atom is 0.275 e. The third kappa shape index (κ3) is 3.46. The van der Waals surface area contributed by atoms with Gasteiger partial charge in [-0.2, -0.15) is 9.61 Å². The second kappa shape index (κ2) is 6.33. The van der Waals surface area contributed by atoms with Crippen LogP contribution in [0.5, 0.6) is 0 Å². The van der Waals surface area contributed by atoms with Crippen LogP contribution in [0.3, 0.4) is 0 Å². The molecule has 0 saturated carbocycles. The van der Waals surface area contributed by atoms with Crippen LogP contribution in [0.25, 0.3) is 4.96 Å². The highest BCUT2D eigenvalue weighted by molar-refractivity contribution is 7.90. The summed E-state index contributed by atoms with van der Waals surface area (Å²) >= 11 is 1.39. The molecule has 0 amide bonds. The summed E-state index contributed by atoms with van der Waals surface area (Å²) in [5.74, 6) is 0. The Balaban J connectivity index is 1.84. The van der Waals surface area contributed by atoms with Crippen molar-refractivity contribution in [1.82, 2.24) is 14.6 Å². The highest BCUT2D eigenvalue weighted by Gasteiger charge is 2.09. The lowest BCUT2D eigenvalue weighted by Crippen LogP contribution is -2.16. The Hall–Kier alpha value is -2.26. The molecule has 0 saturated heterocycles. The van der Waals surface area contributed by atoms with Gasteiger partial charge in [0.15, 0.2) is 9.84 Å². The minimum absolute atomic E-state index is 0.224. The second-order valence-electron chi connectivity index (χ2n) is 5.28. The number of hydrogen-bond acceptors (Lipinski definition) is 7. The SMILES string of the molecule is CCc1nn2c(=O)cc(CNc3cccc(S(C)(=O)=O)c3)nc2s1. The average molecular weight is 364 g/mol. The van der Waals surface area contributed by atoms with Crippen molar-refractivity contribution < 1.29 is 8.42 Å². The Labute approximate surface area is 142 Å². The van der Waals surface area contributed by atoms with Crippen LogP contribution in [0.2, 0.25) is 0 Å². The zero-order valence-corrected chi connectivity index (χ0v) is 14.8. The first-order valence-corrected chi connectivity index (χ1v) is 10.0. The average Bonchev–Trinajstić information content (AvgIpc) is 2.96. The van der Waals surface area contributed by atoms with E-state index in [-0.39, 0.29) is 10.5 Å². The number of fused-ring (bicyclic) bond motifs is 1. The first kappa shape index (κ1) is 16.6. The van der Waals surface area contributed by atoms with Crippen molar-refractivity contribution in [2.45, 2.75) is 24.8 Å². The molecule has 3 rings (SSSR count). The van der Waals surface area contributed by atoms with Gasteiger partial charge in [0.05, 0.1) is 17.1 Å². The van der Waals surface area contributed by atoms with Gasteiger partial charge in [0, 0.05) is 18.0 Å². The number of rotatable bonds is 5. The van der Waals surface area contributed by atoms with Gasteiger partial charge in [-0.1, -0.05) is 24.3 Å². The molecule has 0 spiro atoms. The summed E-state index contributed by atoms with van der Waals surface area (Å²) in [6.07, 6.45) is 1.91. The summed E-state index contributed by atoms with van der Waals surface area (Å²) in [7, 11) is -3.26. The number of anilines is 1. The fourth-order valence-electron chi connectivity index (χ4n) is 2.16. The Bertz CT molecular complexity index is 1050. The van der Waals surface area contributed by atoms with Crippen LogP contribution in [0.15, 0.2) is 40.0 Å². The summed E-state index contributed by atoms with van der Waals surface area (Å²) in [6.45, 7) is 2.29. The van der Waals surface area contributed by atoms with Crippen molar-refractivity contribution in [3.8, 4) is 0 Å². The van der Waals surface area contributed by atoms with Gasteiger partial charge in [-0.15, -0.1) is 0 Å². The predicted octanol–water partition coefficient (Wildman–Crippen LogP) is 1.73. The van der Waals surface area contributed by atoms with E-state index in [9.17, 15) is 13.2 Å². The quantitative estimate of drug-likeness (QED) is 0.741. The number of aromatic nitrogens is 3. The first-order valence-electron chi connectivity index (χ1n) is 7.29. The fourth-order valence-corrected chi connectivity index (χ4v) is 3.68. The van der Waals surface area contributed by atoms with Crippen molar-refractivity contribution in [2.75, 3.05) is 11.6 Å². The predicted molar refractivity (Wildman–Crippen MR) is 93.4 cm³/mol.